The molecule has 0 radical (unpaired) electrons. The minimum absolute atomic E-state index is 0. The van der Waals surface area contributed by atoms with E-state index in [1.165, 1.54) is 5.56 Å². The molecule has 1 aromatic carbocycles. The van der Waals surface area contributed by atoms with Crippen LogP contribution in [0.15, 0.2) is 24.3 Å². The summed E-state index contributed by atoms with van der Waals surface area (Å²) in [7, 11) is 0. The average Bonchev–Trinajstić information content (AvgIpc) is 1.86. The van der Waals surface area contributed by atoms with Crippen molar-refractivity contribution >= 4 is 0 Å². The molecule has 1 aromatic rings. The van der Waals surface area contributed by atoms with E-state index in [1.54, 1.807) is 12.1 Å². The molecule has 1 N–H and O–H groups in total. The Hall–Kier alpha value is -0.980. The highest BCUT2D eigenvalue weighted by atomic mass is 16.3. The Morgan fingerprint density at radius 1 is 1.09 bits per heavy atom. The maximum Gasteiger partial charge on any atom is 1.00 e. The molecule has 0 bridgehead atoms. The number of phenols is 1. The summed E-state index contributed by atoms with van der Waals surface area (Å²) >= 11 is 0. The van der Waals surface area contributed by atoms with Gasteiger partial charge >= 0.3 is 1.43 Å². The van der Waals surface area contributed by atoms with E-state index in [1.807, 2.05) is 12.1 Å². The summed E-state index contributed by atoms with van der Waals surface area (Å²) < 4.78 is 0. The first-order valence-electron chi connectivity index (χ1n) is 3.79. The molecule has 1 heteroatoms. The second kappa shape index (κ2) is 2.57. The summed E-state index contributed by atoms with van der Waals surface area (Å²) in [6.07, 6.45) is 0. The number of hydrogen-bond donors (Lipinski definition) is 1. The van der Waals surface area contributed by atoms with Gasteiger partial charge in [0.1, 0.15) is 5.75 Å². The fourth-order valence-corrected chi connectivity index (χ4v) is 0.961. The maximum absolute atomic E-state index is 9.02. The van der Waals surface area contributed by atoms with Gasteiger partial charge in [0.2, 0.25) is 0 Å². The van der Waals surface area contributed by atoms with Crippen molar-refractivity contribution in [2.45, 2.75) is 26.2 Å². The summed E-state index contributed by atoms with van der Waals surface area (Å²) in [5.74, 6) is 0.331. The van der Waals surface area contributed by atoms with E-state index in [-0.39, 0.29) is 6.84 Å². The van der Waals surface area contributed by atoms with Crippen LogP contribution in [0.4, 0.5) is 0 Å². The van der Waals surface area contributed by atoms with Crippen LogP contribution in [0.25, 0.3) is 0 Å². The lowest BCUT2D eigenvalue weighted by Crippen LogP contribution is -2.10. The summed E-state index contributed by atoms with van der Waals surface area (Å²) in [6, 6.07) is 7.35. The van der Waals surface area contributed by atoms with Crippen molar-refractivity contribution in [3.8, 4) is 5.75 Å². The zero-order valence-corrected chi connectivity index (χ0v) is 7.26. The zero-order chi connectivity index (χ0) is 8.48. The van der Waals surface area contributed by atoms with Gasteiger partial charge in [-0.1, -0.05) is 32.9 Å². The maximum atomic E-state index is 9.02. The van der Waals surface area contributed by atoms with E-state index in [4.69, 9.17) is 5.11 Å². The lowest BCUT2D eigenvalue weighted by atomic mass is 9.87. The van der Waals surface area contributed by atoms with E-state index < -0.39 is 0 Å². The van der Waals surface area contributed by atoms with Crippen molar-refractivity contribution < 1.29 is 6.53 Å². The molecule has 11 heavy (non-hydrogen) atoms. The predicted octanol–water partition coefficient (Wildman–Crippen LogP) is 2.80. The van der Waals surface area contributed by atoms with E-state index in [0.29, 0.717) is 5.75 Å². The monoisotopic (exact) mass is 151 g/mol. The third-order valence-corrected chi connectivity index (χ3v) is 1.73. The molecule has 0 saturated heterocycles. The van der Waals surface area contributed by atoms with Crippen LogP contribution < -0.4 is 0 Å². The van der Waals surface area contributed by atoms with E-state index >= 15 is 0 Å². The van der Waals surface area contributed by atoms with Gasteiger partial charge in [0.25, 0.3) is 0 Å². The Kier molecular flexibility index (Phi) is 1.90. The van der Waals surface area contributed by atoms with Gasteiger partial charge in [-0.15, -0.1) is 0 Å². The van der Waals surface area contributed by atoms with Crippen molar-refractivity contribution in [1.29, 1.82) is 0 Å². The summed E-state index contributed by atoms with van der Waals surface area (Å²) in [4.78, 5) is 0. The SMILES string of the molecule is CC(C)(C)c1ccc(O)cc1.[H+]. The lowest BCUT2D eigenvalue weighted by Gasteiger charge is -2.18. The van der Waals surface area contributed by atoms with E-state index in [2.05, 4.69) is 20.8 Å². The Morgan fingerprint density at radius 2 is 1.55 bits per heavy atom. The fourth-order valence-electron chi connectivity index (χ4n) is 0.961. The lowest BCUT2D eigenvalue weighted by molar-refractivity contribution is 0.474. The van der Waals surface area contributed by atoms with Crippen molar-refractivity contribution in [2.24, 2.45) is 0 Å². The average molecular weight is 151 g/mol. The molecular weight excluding hydrogens is 136 g/mol. The number of rotatable bonds is 0. The molecule has 0 spiro atoms. The normalized spacial score (nSPS) is 11.5. The second-order valence-corrected chi connectivity index (χ2v) is 3.80. The predicted molar refractivity (Wildman–Crippen MR) is 47.9 cm³/mol. The Morgan fingerprint density at radius 3 is 1.91 bits per heavy atom. The highest BCUT2D eigenvalue weighted by Gasteiger charge is 2.12. The Balaban J connectivity index is 0.00000121. The van der Waals surface area contributed by atoms with Crippen LogP contribution in [-0.2, 0) is 5.41 Å². The molecule has 0 aliphatic carbocycles. The van der Waals surface area contributed by atoms with Gasteiger partial charge in [-0.05, 0) is 23.1 Å². The van der Waals surface area contributed by atoms with Gasteiger partial charge in [-0.3, -0.25) is 0 Å². The first-order valence-corrected chi connectivity index (χ1v) is 3.79. The van der Waals surface area contributed by atoms with Crippen LogP contribution in [-0.4, -0.2) is 5.11 Å². The Bertz CT molecular complexity index is 233. The summed E-state index contributed by atoms with van der Waals surface area (Å²) in [5.41, 5.74) is 1.42. The molecule has 1 rings (SSSR count). The minimum Gasteiger partial charge on any atom is -0.508 e. The van der Waals surface area contributed by atoms with Crippen molar-refractivity contribution in [1.82, 2.24) is 0 Å². The second-order valence-electron chi connectivity index (χ2n) is 3.80. The number of phenolic OH excluding ortho intramolecular Hbond substituents is 1. The Labute approximate surface area is 69.2 Å². The number of benzene rings is 1. The van der Waals surface area contributed by atoms with Crippen LogP contribution in [0.5, 0.6) is 5.75 Å². The van der Waals surface area contributed by atoms with Gasteiger partial charge in [0.05, 0.1) is 0 Å². The molecule has 0 aliphatic rings. The number of hydrogen-bond acceptors (Lipinski definition) is 1. The minimum atomic E-state index is 0. The fraction of sp³-hybridized carbons (Fsp3) is 0.400. The first kappa shape index (κ1) is 8.12. The summed E-state index contributed by atoms with van der Waals surface area (Å²) in [6.45, 7) is 6.46. The third kappa shape index (κ3) is 1.97. The molecule has 0 atom stereocenters. The van der Waals surface area contributed by atoms with Crippen LogP contribution in [0, 0.1) is 0 Å². The standard InChI is InChI=1S/C10H14O/c1-10(2,3)8-4-6-9(11)7-5-8/h4-7,11H,1-3H3/p+1. The molecule has 60 valence electrons. The highest BCUT2D eigenvalue weighted by Crippen LogP contribution is 2.23. The molecule has 0 unspecified atom stereocenters. The van der Waals surface area contributed by atoms with Gasteiger partial charge in [0, 0.05) is 0 Å². The first-order chi connectivity index (χ1) is 5.00. The van der Waals surface area contributed by atoms with Crippen molar-refractivity contribution in [2.75, 3.05) is 0 Å². The molecule has 0 saturated carbocycles. The smallest absolute Gasteiger partial charge is 0.508 e. The van der Waals surface area contributed by atoms with Gasteiger partial charge in [-0.2, -0.15) is 0 Å². The van der Waals surface area contributed by atoms with Crippen LogP contribution >= 0.6 is 0 Å². The van der Waals surface area contributed by atoms with E-state index in [0.717, 1.165) is 0 Å². The molecule has 0 amide bonds. The molecule has 0 aliphatic heterocycles. The third-order valence-electron chi connectivity index (χ3n) is 1.73. The molecule has 0 heterocycles. The zero-order valence-electron chi connectivity index (χ0n) is 8.26. The molecule has 0 fully saturated rings. The van der Waals surface area contributed by atoms with Gasteiger partial charge in [-0.25, -0.2) is 0 Å². The topological polar surface area (TPSA) is 20.2 Å². The highest BCUT2D eigenvalue weighted by molar-refractivity contribution is 5.29. The molecule has 0 aromatic heterocycles. The van der Waals surface area contributed by atoms with Crippen molar-refractivity contribution in [3.05, 3.63) is 29.8 Å². The molecular formula is C10H15O+. The van der Waals surface area contributed by atoms with Gasteiger partial charge in [0.15, 0.2) is 0 Å². The largest absolute Gasteiger partial charge is 1.00 e. The summed E-state index contributed by atoms with van der Waals surface area (Å²) in [5, 5.41) is 9.02. The number of aromatic hydroxyl groups is 1. The van der Waals surface area contributed by atoms with Gasteiger partial charge < -0.3 is 5.11 Å². The van der Waals surface area contributed by atoms with Crippen LogP contribution in [0.2, 0.25) is 0 Å². The quantitative estimate of drug-likeness (QED) is 0.604. The van der Waals surface area contributed by atoms with Crippen LogP contribution in [0.3, 0.4) is 0 Å². The van der Waals surface area contributed by atoms with Crippen LogP contribution in [0.1, 0.15) is 27.8 Å². The molecule has 1 nitrogen and oxygen atoms in total. The van der Waals surface area contributed by atoms with Crippen molar-refractivity contribution in [3.63, 3.8) is 0 Å². The van der Waals surface area contributed by atoms with E-state index in [9.17, 15) is 0 Å².